The van der Waals surface area contributed by atoms with Crippen molar-refractivity contribution in [2.45, 2.75) is 26.8 Å². The van der Waals surface area contributed by atoms with E-state index in [4.69, 9.17) is 16.3 Å². The molecule has 0 radical (unpaired) electrons. The number of methoxy groups -OCH3 is 1. The summed E-state index contributed by atoms with van der Waals surface area (Å²) in [5.74, 6) is 0.948. The molecule has 0 fully saturated rings. The normalized spacial score (nSPS) is 12.3. The van der Waals surface area contributed by atoms with Crippen molar-refractivity contribution in [1.82, 2.24) is 5.32 Å². The molecule has 3 heteroatoms. The first kappa shape index (κ1) is 15.9. The fourth-order valence-corrected chi connectivity index (χ4v) is 3.18. The molecule has 0 spiro atoms. The van der Waals surface area contributed by atoms with Gasteiger partial charge in [-0.25, -0.2) is 0 Å². The maximum Gasteiger partial charge on any atom is 0.124 e. The molecule has 0 aromatic heterocycles. The van der Waals surface area contributed by atoms with Gasteiger partial charge < -0.3 is 10.1 Å². The Morgan fingerprint density at radius 3 is 2.14 bits per heavy atom. The van der Waals surface area contributed by atoms with Crippen molar-refractivity contribution < 1.29 is 4.74 Å². The van der Waals surface area contributed by atoms with Gasteiger partial charge in [-0.3, -0.25) is 0 Å². The average molecular weight is 304 g/mol. The van der Waals surface area contributed by atoms with E-state index in [1.165, 1.54) is 11.1 Å². The van der Waals surface area contributed by atoms with Gasteiger partial charge in [-0.1, -0.05) is 35.9 Å². The third-order valence-electron chi connectivity index (χ3n) is 3.78. The highest BCUT2D eigenvalue weighted by Gasteiger charge is 2.17. The zero-order chi connectivity index (χ0) is 15.6. The summed E-state index contributed by atoms with van der Waals surface area (Å²) in [5, 5.41) is 4.15. The molecule has 0 aliphatic heterocycles. The minimum absolute atomic E-state index is 0.0707. The molecule has 2 aromatic rings. The number of hydrogen-bond acceptors (Lipinski definition) is 2. The van der Waals surface area contributed by atoms with Crippen LogP contribution in [0.25, 0.3) is 0 Å². The van der Waals surface area contributed by atoms with E-state index >= 15 is 0 Å². The number of aryl methyl sites for hydroxylation is 3. The first-order valence-corrected chi connectivity index (χ1v) is 7.44. The van der Waals surface area contributed by atoms with E-state index in [9.17, 15) is 0 Å². The van der Waals surface area contributed by atoms with E-state index < -0.39 is 0 Å². The van der Waals surface area contributed by atoms with Gasteiger partial charge in [0.05, 0.1) is 13.2 Å². The molecule has 1 atom stereocenters. The van der Waals surface area contributed by atoms with Crippen molar-refractivity contribution in [1.29, 1.82) is 0 Å². The van der Waals surface area contributed by atoms with E-state index in [2.05, 4.69) is 43.4 Å². The van der Waals surface area contributed by atoms with E-state index in [0.717, 1.165) is 27.5 Å². The van der Waals surface area contributed by atoms with Crippen LogP contribution in [0.4, 0.5) is 0 Å². The van der Waals surface area contributed by atoms with Crippen LogP contribution in [-0.4, -0.2) is 14.2 Å². The Kier molecular flexibility index (Phi) is 4.92. The largest absolute Gasteiger partial charge is 0.496 e. The van der Waals surface area contributed by atoms with Gasteiger partial charge in [0.2, 0.25) is 0 Å². The van der Waals surface area contributed by atoms with Crippen LogP contribution in [0.3, 0.4) is 0 Å². The van der Waals surface area contributed by atoms with Crippen LogP contribution >= 0.6 is 11.6 Å². The zero-order valence-corrected chi connectivity index (χ0v) is 14.0. The predicted octanol–water partition coefficient (Wildman–Crippen LogP) is 4.58. The van der Waals surface area contributed by atoms with Gasteiger partial charge in [-0.05, 0) is 61.7 Å². The van der Waals surface area contributed by atoms with E-state index in [1.807, 2.05) is 20.0 Å². The highest BCUT2D eigenvalue weighted by atomic mass is 35.5. The zero-order valence-electron chi connectivity index (χ0n) is 13.3. The number of hydrogen-bond donors (Lipinski definition) is 1. The monoisotopic (exact) mass is 303 g/mol. The molecule has 112 valence electrons. The van der Waals surface area contributed by atoms with Gasteiger partial charge in [0.1, 0.15) is 5.75 Å². The van der Waals surface area contributed by atoms with E-state index in [1.54, 1.807) is 7.11 Å². The summed E-state index contributed by atoms with van der Waals surface area (Å²) in [5.41, 5.74) is 5.72. The highest BCUT2D eigenvalue weighted by molar-refractivity contribution is 6.31. The fourth-order valence-electron chi connectivity index (χ4n) is 2.84. The van der Waals surface area contributed by atoms with Crippen LogP contribution < -0.4 is 10.1 Å². The summed E-state index contributed by atoms with van der Waals surface area (Å²) < 4.78 is 5.44. The number of nitrogens with one attached hydrogen (secondary N) is 1. The van der Waals surface area contributed by atoms with Crippen LogP contribution in [0.5, 0.6) is 5.75 Å². The third kappa shape index (κ3) is 3.22. The molecule has 2 rings (SSSR count). The van der Waals surface area contributed by atoms with E-state index in [0.29, 0.717) is 0 Å². The van der Waals surface area contributed by atoms with Gasteiger partial charge in [0.15, 0.2) is 0 Å². The molecule has 0 aliphatic rings. The number of ether oxygens (including phenoxy) is 1. The van der Waals surface area contributed by atoms with Gasteiger partial charge >= 0.3 is 0 Å². The second-order valence-corrected chi connectivity index (χ2v) is 5.84. The summed E-state index contributed by atoms with van der Waals surface area (Å²) in [6.07, 6.45) is 0. The van der Waals surface area contributed by atoms with Crippen LogP contribution in [0.15, 0.2) is 30.3 Å². The summed E-state index contributed by atoms with van der Waals surface area (Å²) >= 11 is 6.43. The summed E-state index contributed by atoms with van der Waals surface area (Å²) in [6.45, 7) is 6.18. The van der Waals surface area contributed by atoms with Crippen molar-refractivity contribution >= 4 is 11.6 Å². The lowest BCUT2D eigenvalue weighted by Gasteiger charge is -2.21. The molecule has 1 N–H and O–H groups in total. The molecule has 1 unspecified atom stereocenters. The molecule has 21 heavy (non-hydrogen) atoms. The topological polar surface area (TPSA) is 21.3 Å². The average Bonchev–Trinajstić information content (AvgIpc) is 2.41. The van der Waals surface area contributed by atoms with Crippen LogP contribution in [0, 0.1) is 20.8 Å². The molecular formula is C18H22ClNO. The Morgan fingerprint density at radius 1 is 1.05 bits per heavy atom. The van der Waals surface area contributed by atoms with Crippen molar-refractivity contribution in [2.24, 2.45) is 0 Å². The smallest absolute Gasteiger partial charge is 0.124 e. The number of benzene rings is 2. The lowest BCUT2D eigenvalue weighted by molar-refractivity contribution is 0.408. The molecule has 0 heterocycles. The summed E-state index contributed by atoms with van der Waals surface area (Å²) in [7, 11) is 3.66. The minimum Gasteiger partial charge on any atom is -0.496 e. The third-order valence-corrected chi connectivity index (χ3v) is 4.10. The molecule has 0 aliphatic carbocycles. The first-order chi connectivity index (χ1) is 9.97. The second-order valence-electron chi connectivity index (χ2n) is 5.43. The number of halogens is 1. The SMILES string of the molecule is CNC(c1cc(C)c(OC)c(C)c1)c1ccc(C)cc1Cl. The molecule has 0 bridgehead atoms. The Balaban J connectivity index is 2.51. The quantitative estimate of drug-likeness (QED) is 0.892. The van der Waals surface area contributed by atoms with Crippen molar-refractivity contribution in [2.75, 3.05) is 14.2 Å². The Hall–Kier alpha value is -1.51. The van der Waals surface area contributed by atoms with Crippen molar-refractivity contribution in [3.63, 3.8) is 0 Å². The maximum atomic E-state index is 6.43. The van der Waals surface area contributed by atoms with Gasteiger partial charge in [-0.15, -0.1) is 0 Å². The molecule has 2 nitrogen and oxygen atoms in total. The molecule has 0 saturated carbocycles. The van der Waals surface area contributed by atoms with Crippen LogP contribution in [-0.2, 0) is 0 Å². The van der Waals surface area contributed by atoms with Gasteiger partial charge in [-0.2, -0.15) is 0 Å². The Bertz CT molecular complexity index is 629. The number of rotatable bonds is 4. The Labute approximate surface area is 132 Å². The Morgan fingerprint density at radius 2 is 1.67 bits per heavy atom. The molecule has 2 aromatic carbocycles. The van der Waals surface area contributed by atoms with Crippen LogP contribution in [0.1, 0.15) is 33.9 Å². The minimum atomic E-state index is 0.0707. The summed E-state index contributed by atoms with van der Waals surface area (Å²) in [4.78, 5) is 0. The summed E-state index contributed by atoms with van der Waals surface area (Å²) in [6, 6.07) is 10.6. The lowest BCUT2D eigenvalue weighted by atomic mass is 9.94. The second kappa shape index (κ2) is 6.50. The molecular weight excluding hydrogens is 282 g/mol. The van der Waals surface area contributed by atoms with Gasteiger partial charge in [0, 0.05) is 5.02 Å². The highest BCUT2D eigenvalue weighted by Crippen LogP contribution is 2.33. The fraction of sp³-hybridized carbons (Fsp3) is 0.333. The van der Waals surface area contributed by atoms with E-state index in [-0.39, 0.29) is 6.04 Å². The van der Waals surface area contributed by atoms with Gasteiger partial charge in [0.25, 0.3) is 0 Å². The first-order valence-electron chi connectivity index (χ1n) is 7.06. The van der Waals surface area contributed by atoms with Crippen molar-refractivity contribution in [3.8, 4) is 5.75 Å². The molecule has 0 saturated heterocycles. The van der Waals surface area contributed by atoms with Crippen molar-refractivity contribution in [3.05, 3.63) is 63.2 Å². The van der Waals surface area contributed by atoms with Crippen LogP contribution in [0.2, 0.25) is 5.02 Å². The maximum absolute atomic E-state index is 6.43. The lowest BCUT2D eigenvalue weighted by Crippen LogP contribution is -2.18. The molecule has 0 amide bonds. The standard InChI is InChI=1S/C18H22ClNO/c1-11-6-7-15(16(19)8-11)17(20-4)14-9-12(2)18(21-5)13(3)10-14/h6-10,17,20H,1-5H3. The predicted molar refractivity (Wildman–Crippen MR) is 89.6 cm³/mol.